The van der Waals surface area contributed by atoms with E-state index in [0.717, 1.165) is 51.2 Å². The van der Waals surface area contributed by atoms with Crippen molar-refractivity contribution in [3.8, 4) is 0 Å². The first kappa shape index (κ1) is 13.5. The third kappa shape index (κ3) is 4.12. The van der Waals surface area contributed by atoms with Gasteiger partial charge in [0.25, 0.3) is 0 Å². The molecule has 94 valence electrons. The van der Waals surface area contributed by atoms with Gasteiger partial charge in [-0.05, 0) is 37.6 Å². The maximum atomic E-state index is 11.9. The normalized spacial score (nSPS) is 25.8. The van der Waals surface area contributed by atoms with Gasteiger partial charge in [-0.1, -0.05) is 20.3 Å². The van der Waals surface area contributed by atoms with Crippen LogP contribution in [0.2, 0.25) is 0 Å². The van der Waals surface area contributed by atoms with Crippen molar-refractivity contribution < 1.29 is 4.79 Å². The standard InChI is InChI=1S/C13H26N2O/c1-11-7-9-15(10-12(11)2)13(16)6-4-3-5-8-14/h11-12H,3-10,14H2,1-2H3. The highest BCUT2D eigenvalue weighted by Gasteiger charge is 2.25. The molecule has 1 heterocycles. The molecule has 0 spiro atoms. The fourth-order valence-electron chi connectivity index (χ4n) is 2.24. The van der Waals surface area contributed by atoms with Crippen molar-refractivity contribution in [1.29, 1.82) is 0 Å². The first-order valence-electron chi connectivity index (χ1n) is 6.63. The van der Waals surface area contributed by atoms with Gasteiger partial charge in [-0.15, -0.1) is 0 Å². The Morgan fingerprint density at radius 1 is 1.25 bits per heavy atom. The number of carbonyl (C=O) groups is 1. The van der Waals surface area contributed by atoms with Gasteiger partial charge in [0.1, 0.15) is 0 Å². The lowest BCUT2D eigenvalue weighted by Crippen LogP contribution is -2.42. The molecule has 0 bridgehead atoms. The highest BCUT2D eigenvalue weighted by Crippen LogP contribution is 2.23. The second-order valence-electron chi connectivity index (χ2n) is 5.18. The van der Waals surface area contributed by atoms with Crippen LogP contribution in [0, 0.1) is 11.8 Å². The molecule has 1 saturated heterocycles. The van der Waals surface area contributed by atoms with E-state index in [4.69, 9.17) is 5.73 Å². The molecule has 1 aliphatic rings. The number of piperidine rings is 1. The van der Waals surface area contributed by atoms with Gasteiger partial charge in [0.15, 0.2) is 0 Å². The average Bonchev–Trinajstić information content (AvgIpc) is 2.28. The van der Waals surface area contributed by atoms with Gasteiger partial charge >= 0.3 is 0 Å². The fraction of sp³-hybridized carbons (Fsp3) is 0.923. The first-order chi connectivity index (χ1) is 7.65. The van der Waals surface area contributed by atoms with Crippen molar-refractivity contribution in [2.75, 3.05) is 19.6 Å². The van der Waals surface area contributed by atoms with E-state index in [2.05, 4.69) is 13.8 Å². The van der Waals surface area contributed by atoms with E-state index in [1.165, 1.54) is 0 Å². The Balaban J connectivity index is 2.21. The van der Waals surface area contributed by atoms with Crippen molar-refractivity contribution in [3.05, 3.63) is 0 Å². The number of hydrogen-bond donors (Lipinski definition) is 1. The number of hydrogen-bond acceptors (Lipinski definition) is 2. The summed E-state index contributed by atoms with van der Waals surface area (Å²) in [5.41, 5.74) is 5.43. The van der Waals surface area contributed by atoms with Crippen molar-refractivity contribution in [1.82, 2.24) is 4.90 Å². The maximum Gasteiger partial charge on any atom is 0.222 e. The van der Waals surface area contributed by atoms with E-state index in [0.29, 0.717) is 18.2 Å². The second-order valence-corrected chi connectivity index (χ2v) is 5.18. The first-order valence-corrected chi connectivity index (χ1v) is 6.63. The van der Waals surface area contributed by atoms with Crippen LogP contribution >= 0.6 is 0 Å². The van der Waals surface area contributed by atoms with E-state index in [1.807, 2.05) is 4.90 Å². The predicted molar refractivity (Wildman–Crippen MR) is 67.0 cm³/mol. The molecule has 0 saturated carbocycles. The lowest BCUT2D eigenvalue weighted by atomic mass is 9.88. The third-order valence-electron chi connectivity index (χ3n) is 3.78. The van der Waals surface area contributed by atoms with Crippen LogP contribution in [0.15, 0.2) is 0 Å². The SMILES string of the molecule is CC1CCN(C(=O)CCCCCN)CC1C. The van der Waals surface area contributed by atoms with Crippen LogP contribution in [0.3, 0.4) is 0 Å². The van der Waals surface area contributed by atoms with E-state index >= 15 is 0 Å². The summed E-state index contributed by atoms with van der Waals surface area (Å²) in [6.45, 7) is 7.19. The number of nitrogens with zero attached hydrogens (tertiary/aromatic N) is 1. The van der Waals surface area contributed by atoms with E-state index in [-0.39, 0.29) is 0 Å². The molecule has 3 nitrogen and oxygen atoms in total. The lowest BCUT2D eigenvalue weighted by Gasteiger charge is -2.35. The Morgan fingerprint density at radius 3 is 2.62 bits per heavy atom. The second kappa shape index (κ2) is 6.89. The molecule has 0 aromatic rings. The molecule has 2 atom stereocenters. The van der Waals surface area contributed by atoms with Crippen molar-refractivity contribution in [3.63, 3.8) is 0 Å². The minimum atomic E-state index is 0.343. The summed E-state index contributed by atoms with van der Waals surface area (Å²) in [5, 5.41) is 0. The van der Waals surface area contributed by atoms with Gasteiger partial charge in [-0.3, -0.25) is 4.79 Å². The van der Waals surface area contributed by atoms with E-state index in [9.17, 15) is 4.79 Å². The molecule has 2 N–H and O–H groups in total. The van der Waals surface area contributed by atoms with Gasteiger partial charge < -0.3 is 10.6 Å². The highest BCUT2D eigenvalue weighted by atomic mass is 16.2. The number of carbonyl (C=O) groups excluding carboxylic acids is 1. The number of amides is 1. The van der Waals surface area contributed by atoms with Gasteiger partial charge in [0.2, 0.25) is 5.91 Å². The Morgan fingerprint density at radius 2 is 2.00 bits per heavy atom. The van der Waals surface area contributed by atoms with Crippen LogP contribution in [0.25, 0.3) is 0 Å². The molecular formula is C13H26N2O. The molecule has 0 aromatic carbocycles. The molecule has 0 aromatic heterocycles. The molecule has 1 fully saturated rings. The average molecular weight is 226 g/mol. The summed E-state index contributed by atoms with van der Waals surface area (Å²) in [6.07, 6.45) is 5.00. The zero-order valence-corrected chi connectivity index (χ0v) is 10.7. The quantitative estimate of drug-likeness (QED) is 0.729. The molecule has 1 amide bonds. The van der Waals surface area contributed by atoms with Gasteiger partial charge in [0, 0.05) is 19.5 Å². The summed E-state index contributed by atoms with van der Waals surface area (Å²) in [5.74, 6) is 1.76. The van der Waals surface area contributed by atoms with Crippen LogP contribution in [0.5, 0.6) is 0 Å². The highest BCUT2D eigenvalue weighted by molar-refractivity contribution is 5.76. The predicted octanol–water partition coefficient (Wildman–Crippen LogP) is 2.01. The Hall–Kier alpha value is -0.570. The largest absolute Gasteiger partial charge is 0.342 e. The van der Waals surface area contributed by atoms with Gasteiger partial charge in [-0.2, -0.15) is 0 Å². The summed E-state index contributed by atoms with van der Waals surface area (Å²) in [6, 6.07) is 0. The topological polar surface area (TPSA) is 46.3 Å². The molecule has 2 unspecified atom stereocenters. The molecule has 0 radical (unpaired) electrons. The number of rotatable bonds is 5. The summed E-state index contributed by atoms with van der Waals surface area (Å²) >= 11 is 0. The molecule has 0 aliphatic carbocycles. The molecule has 1 aliphatic heterocycles. The fourth-order valence-corrected chi connectivity index (χ4v) is 2.24. The summed E-state index contributed by atoms with van der Waals surface area (Å²) < 4.78 is 0. The van der Waals surface area contributed by atoms with E-state index < -0.39 is 0 Å². The van der Waals surface area contributed by atoms with Crippen molar-refractivity contribution in [2.45, 2.75) is 46.0 Å². The number of nitrogens with two attached hydrogens (primary N) is 1. The smallest absolute Gasteiger partial charge is 0.222 e. The monoisotopic (exact) mass is 226 g/mol. The van der Waals surface area contributed by atoms with Gasteiger partial charge in [0.05, 0.1) is 0 Å². The molecular weight excluding hydrogens is 200 g/mol. The van der Waals surface area contributed by atoms with Crippen LogP contribution < -0.4 is 5.73 Å². The molecule has 1 rings (SSSR count). The maximum absolute atomic E-state index is 11.9. The summed E-state index contributed by atoms with van der Waals surface area (Å²) in [7, 11) is 0. The Bertz CT molecular complexity index is 218. The minimum absolute atomic E-state index is 0.343. The van der Waals surface area contributed by atoms with Crippen LogP contribution in [0.1, 0.15) is 46.0 Å². The van der Waals surface area contributed by atoms with Gasteiger partial charge in [-0.25, -0.2) is 0 Å². The third-order valence-corrected chi connectivity index (χ3v) is 3.78. The van der Waals surface area contributed by atoms with Crippen LogP contribution in [0.4, 0.5) is 0 Å². The van der Waals surface area contributed by atoms with Crippen LogP contribution in [-0.2, 0) is 4.79 Å². The van der Waals surface area contributed by atoms with Crippen LogP contribution in [-0.4, -0.2) is 30.4 Å². The Labute approximate surface area is 99.4 Å². The van der Waals surface area contributed by atoms with Crippen molar-refractivity contribution >= 4 is 5.91 Å². The molecule has 3 heteroatoms. The minimum Gasteiger partial charge on any atom is -0.342 e. The Kier molecular flexibility index (Phi) is 5.81. The molecule has 16 heavy (non-hydrogen) atoms. The number of likely N-dealkylation sites (tertiary alicyclic amines) is 1. The summed E-state index contributed by atoms with van der Waals surface area (Å²) in [4.78, 5) is 14.0. The zero-order valence-electron chi connectivity index (χ0n) is 10.7. The number of unbranched alkanes of at least 4 members (excludes halogenated alkanes) is 2. The lowest BCUT2D eigenvalue weighted by molar-refractivity contribution is -0.133. The zero-order chi connectivity index (χ0) is 12.0. The van der Waals surface area contributed by atoms with Crippen molar-refractivity contribution in [2.24, 2.45) is 17.6 Å². The van der Waals surface area contributed by atoms with E-state index in [1.54, 1.807) is 0 Å².